The molecule has 0 saturated carbocycles. The molecule has 0 bridgehead atoms. The molecule has 2 aromatic carbocycles. The van der Waals surface area contributed by atoms with Crippen molar-refractivity contribution in [2.45, 2.75) is 45.3 Å². The molecule has 0 aliphatic carbocycles. The van der Waals surface area contributed by atoms with Crippen molar-refractivity contribution in [3.63, 3.8) is 0 Å². The molecule has 0 fully saturated rings. The second-order valence-corrected chi connectivity index (χ2v) is 8.33. The molecule has 7 nitrogen and oxygen atoms in total. The highest BCUT2D eigenvalue weighted by molar-refractivity contribution is 7.89. The Kier molecular flexibility index (Phi) is 5.53. The summed E-state index contributed by atoms with van der Waals surface area (Å²) < 4.78 is 30.8. The van der Waals surface area contributed by atoms with Gasteiger partial charge in [0.25, 0.3) is 0 Å². The minimum Gasteiger partial charge on any atom is -0.302 e. The Morgan fingerprint density at radius 1 is 0.857 bits per heavy atom. The Bertz CT molecular complexity index is 1240. The molecule has 0 spiro atoms. The summed E-state index contributed by atoms with van der Waals surface area (Å²) in [6.45, 7) is 6.24. The van der Waals surface area contributed by atoms with Crippen LogP contribution in [0.15, 0.2) is 56.9 Å². The predicted molar refractivity (Wildman–Crippen MR) is 109 cm³/mol. The lowest BCUT2D eigenvalue weighted by Crippen LogP contribution is -2.41. The Morgan fingerprint density at radius 3 is 2.00 bits per heavy atom. The van der Waals surface area contributed by atoms with E-state index in [9.17, 15) is 18.0 Å². The number of rotatable bonds is 6. The Balaban J connectivity index is 2.05. The summed E-state index contributed by atoms with van der Waals surface area (Å²) in [5, 5.41) is 0. The first-order valence-electron chi connectivity index (χ1n) is 9.11. The topological polar surface area (TPSA) is 90.2 Å². The average Bonchev–Trinajstić information content (AvgIpc) is 2.68. The van der Waals surface area contributed by atoms with E-state index in [1.807, 2.05) is 31.2 Å². The Labute approximate surface area is 163 Å². The molecule has 0 amide bonds. The predicted octanol–water partition coefficient (Wildman–Crippen LogP) is 1.99. The Morgan fingerprint density at radius 2 is 1.43 bits per heavy atom. The van der Waals surface area contributed by atoms with Crippen LogP contribution >= 0.6 is 0 Å². The fraction of sp³-hybridized carbons (Fsp3) is 0.300. The van der Waals surface area contributed by atoms with E-state index in [4.69, 9.17) is 0 Å². The summed E-state index contributed by atoms with van der Waals surface area (Å²) in [5.41, 5.74) is 1.64. The lowest BCUT2D eigenvalue weighted by molar-refractivity contribution is 0.581. The summed E-state index contributed by atoms with van der Waals surface area (Å²) >= 11 is 0. The van der Waals surface area contributed by atoms with Crippen LogP contribution in [0, 0.1) is 6.92 Å². The van der Waals surface area contributed by atoms with Gasteiger partial charge in [-0.1, -0.05) is 29.8 Å². The van der Waals surface area contributed by atoms with Crippen molar-refractivity contribution in [3.8, 4) is 0 Å². The number of sulfonamides is 1. The van der Waals surface area contributed by atoms with E-state index in [0.717, 1.165) is 11.1 Å². The first-order valence-corrected chi connectivity index (χ1v) is 10.6. The van der Waals surface area contributed by atoms with Crippen LogP contribution in [0.4, 0.5) is 0 Å². The molecule has 0 aliphatic rings. The van der Waals surface area contributed by atoms with E-state index < -0.39 is 21.1 Å². The van der Waals surface area contributed by atoms with Gasteiger partial charge < -0.3 is 9.13 Å². The quantitative estimate of drug-likeness (QED) is 0.640. The molecule has 0 aliphatic heterocycles. The van der Waals surface area contributed by atoms with Gasteiger partial charge in [-0.25, -0.2) is 13.1 Å². The van der Waals surface area contributed by atoms with Crippen LogP contribution in [-0.4, -0.2) is 17.6 Å². The first kappa shape index (κ1) is 20.0. The lowest BCUT2D eigenvalue weighted by atomic mass is 10.2. The number of benzene rings is 2. The molecule has 0 saturated heterocycles. The molecule has 3 rings (SSSR count). The number of nitrogens with zero attached hydrogens (tertiary/aromatic N) is 2. The molecule has 1 heterocycles. The zero-order valence-corrected chi connectivity index (χ0v) is 16.9. The molecule has 28 heavy (non-hydrogen) atoms. The summed E-state index contributed by atoms with van der Waals surface area (Å²) in [7, 11) is -3.78. The molecule has 1 aromatic heterocycles. The van der Waals surface area contributed by atoms with Crippen molar-refractivity contribution in [2.24, 2.45) is 0 Å². The van der Waals surface area contributed by atoms with Crippen LogP contribution in [-0.2, 0) is 29.7 Å². The zero-order chi connectivity index (χ0) is 20.5. The monoisotopic (exact) mass is 401 g/mol. The van der Waals surface area contributed by atoms with Crippen molar-refractivity contribution in [2.75, 3.05) is 0 Å². The minimum absolute atomic E-state index is 0.0509. The maximum absolute atomic E-state index is 12.8. The number of nitrogens with one attached hydrogen (secondary N) is 1. The molecule has 8 heteroatoms. The fourth-order valence-electron chi connectivity index (χ4n) is 3.16. The molecule has 0 atom stereocenters. The van der Waals surface area contributed by atoms with Crippen LogP contribution in [0.3, 0.4) is 0 Å². The summed E-state index contributed by atoms with van der Waals surface area (Å²) in [5.74, 6) is 0. The Hall–Kier alpha value is -2.71. The van der Waals surface area contributed by atoms with Crippen LogP contribution in [0.2, 0.25) is 0 Å². The van der Waals surface area contributed by atoms with Gasteiger partial charge >= 0.3 is 11.1 Å². The molecule has 1 N–H and O–H groups in total. The standard InChI is InChI=1S/C20H23N3O4S/c1-4-22-17-11-10-16(12-18(17)23(5-2)20(25)19(22)24)28(26,27)21-13-15-8-6-14(3)7-9-15/h6-12,21H,4-5,13H2,1-3H3. The molecular formula is C20H23N3O4S. The molecule has 3 aromatic rings. The third kappa shape index (κ3) is 3.65. The number of aryl methyl sites for hydroxylation is 3. The zero-order valence-electron chi connectivity index (χ0n) is 16.1. The van der Waals surface area contributed by atoms with Crippen LogP contribution in [0.1, 0.15) is 25.0 Å². The number of hydrogen-bond acceptors (Lipinski definition) is 4. The van der Waals surface area contributed by atoms with Gasteiger partial charge in [0.15, 0.2) is 0 Å². The second kappa shape index (κ2) is 7.73. The number of hydrogen-bond donors (Lipinski definition) is 1. The second-order valence-electron chi connectivity index (χ2n) is 6.56. The average molecular weight is 401 g/mol. The normalized spacial score (nSPS) is 11.8. The third-order valence-electron chi connectivity index (χ3n) is 4.73. The highest BCUT2D eigenvalue weighted by Gasteiger charge is 2.18. The van der Waals surface area contributed by atoms with E-state index in [2.05, 4.69) is 4.72 Å². The lowest BCUT2D eigenvalue weighted by Gasteiger charge is -2.14. The van der Waals surface area contributed by atoms with Crippen LogP contribution in [0.25, 0.3) is 11.0 Å². The SMILES string of the molecule is CCn1c(=O)c(=O)n(CC)c2cc(S(=O)(=O)NCc3ccc(C)cc3)ccc21. The van der Waals surface area contributed by atoms with Gasteiger partial charge in [-0.15, -0.1) is 0 Å². The smallest absolute Gasteiger partial charge is 0.302 e. The maximum atomic E-state index is 12.8. The van der Waals surface area contributed by atoms with Gasteiger partial charge in [0.1, 0.15) is 0 Å². The van der Waals surface area contributed by atoms with Crippen molar-refractivity contribution in [1.82, 2.24) is 13.9 Å². The van der Waals surface area contributed by atoms with Gasteiger partial charge in [-0.3, -0.25) is 9.59 Å². The van der Waals surface area contributed by atoms with Gasteiger partial charge in [0.05, 0.1) is 15.9 Å². The van der Waals surface area contributed by atoms with Crippen LogP contribution in [0.5, 0.6) is 0 Å². The van der Waals surface area contributed by atoms with E-state index >= 15 is 0 Å². The van der Waals surface area contributed by atoms with Crippen molar-refractivity contribution >= 4 is 21.1 Å². The third-order valence-corrected chi connectivity index (χ3v) is 6.13. The van der Waals surface area contributed by atoms with Gasteiger partial charge in [-0.2, -0.15) is 0 Å². The minimum atomic E-state index is -3.78. The van der Waals surface area contributed by atoms with Crippen molar-refractivity contribution < 1.29 is 8.42 Å². The highest BCUT2D eigenvalue weighted by Crippen LogP contribution is 2.18. The molecule has 148 valence electrons. The van der Waals surface area contributed by atoms with E-state index in [1.54, 1.807) is 19.9 Å². The largest absolute Gasteiger partial charge is 0.316 e. The summed E-state index contributed by atoms with van der Waals surface area (Å²) in [4.78, 5) is 24.7. The van der Waals surface area contributed by atoms with Gasteiger partial charge in [0, 0.05) is 19.6 Å². The van der Waals surface area contributed by atoms with Gasteiger partial charge in [0.2, 0.25) is 10.0 Å². The highest BCUT2D eigenvalue weighted by atomic mass is 32.2. The molecular weight excluding hydrogens is 378 g/mol. The maximum Gasteiger partial charge on any atom is 0.316 e. The number of fused-ring (bicyclic) bond motifs is 1. The van der Waals surface area contributed by atoms with Crippen molar-refractivity contribution in [1.29, 1.82) is 0 Å². The molecule has 0 radical (unpaired) electrons. The summed E-state index contributed by atoms with van der Waals surface area (Å²) in [6, 6.07) is 12.1. The number of aromatic nitrogens is 2. The fourth-order valence-corrected chi connectivity index (χ4v) is 4.20. The summed E-state index contributed by atoms with van der Waals surface area (Å²) in [6.07, 6.45) is 0. The van der Waals surface area contributed by atoms with Crippen molar-refractivity contribution in [3.05, 3.63) is 74.3 Å². The van der Waals surface area contributed by atoms with E-state index in [1.165, 1.54) is 21.3 Å². The molecule has 0 unspecified atom stereocenters. The van der Waals surface area contributed by atoms with E-state index in [0.29, 0.717) is 17.6 Å². The van der Waals surface area contributed by atoms with E-state index in [-0.39, 0.29) is 18.0 Å². The van der Waals surface area contributed by atoms with Crippen LogP contribution < -0.4 is 15.8 Å². The first-order chi connectivity index (χ1) is 13.3. The van der Waals surface area contributed by atoms with Gasteiger partial charge in [-0.05, 0) is 44.5 Å².